The van der Waals surface area contributed by atoms with Crippen LogP contribution in [0.2, 0.25) is 0 Å². The van der Waals surface area contributed by atoms with Crippen molar-refractivity contribution in [1.29, 1.82) is 0 Å². The lowest BCUT2D eigenvalue weighted by atomic mass is 10.3. The van der Waals surface area contributed by atoms with E-state index in [0.29, 0.717) is 0 Å². The second kappa shape index (κ2) is 2.11. The highest BCUT2D eigenvalue weighted by Gasteiger charge is 2.26. The topological polar surface area (TPSA) is 85.4 Å². The van der Waals surface area contributed by atoms with Crippen LogP contribution in [0.5, 0.6) is 0 Å². The molecule has 0 aromatic carbocycles. The van der Waals surface area contributed by atoms with Gasteiger partial charge in [0.15, 0.2) is 14.9 Å². The predicted molar refractivity (Wildman–Crippen MR) is 41.6 cm³/mol. The van der Waals surface area contributed by atoms with Gasteiger partial charge >= 0.3 is 0 Å². The van der Waals surface area contributed by atoms with Crippen LogP contribution in [-0.4, -0.2) is 15.1 Å². The molecule has 0 fully saturated rings. The molecule has 62 valence electrons. The van der Waals surface area contributed by atoms with Crippen molar-refractivity contribution in [3.05, 3.63) is 23.9 Å². The Hall–Kier alpha value is -1.27. The molecule has 1 aliphatic rings. The van der Waals surface area contributed by atoms with Gasteiger partial charge in [0, 0.05) is 6.20 Å². The Bertz CT molecular complexity index is 473. The van der Waals surface area contributed by atoms with E-state index in [1.54, 1.807) is 6.07 Å². The monoisotopic (exact) mass is 183 g/mol. The molecule has 1 atom stereocenters. The Kier molecular flexibility index (Phi) is 1.30. The number of nitrogens with two attached hydrogens (primary N) is 1. The largest absolute Gasteiger partial charge is 0.289 e. The third-order valence-corrected chi connectivity index (χ3v) is 2.81. The quantitative estimate of drug-likeness (QED) is 0.611. The molecule has 0 saturated heterocycles. The van der Waals surface area contributed by atoms with Crippen LogP contribution >= 0.6 is 0 Å². The van der Waals surface area contributed by atoms with Crippen molar-refractivity contribution in [2.24, 2.45) is 9.50 Å². The lowest BCUT2D eigenvalue weighted by Gasteiger charge is -1.94. The second-order valence-corrected chi connectivity index (χ2v) is 4.03. The number of pyridine rings is 1. The minimum Gasteiger partial charge on any atom is -0.266 e. The Balaban J connectivity index is 2.87. The molecule has 0 radical (unpaired) electrons. The zero-order valence-corrected chi connectivity index (χ0v) is 6.75. The molecule has 1 aromatic rings. The fraction of sp³-hybridized carbons (Fsp3) is 0. The van der Waals surface area contributed by atoms with Gasteiger partial charge in [-0.2, -0.15) is 0 Å². The highest BCUT2D eigenvalue weighted by atomic mass is 32.2. The van der Waals surface area contributed by atoms with Gasteiger partial charge in [-0.25, -0.2) is 14.3 Å². The van der Waals surface area contributed by atoms with Gasteiger partial charge in [0.05, 0.1) is 5.56 Å². The molecule has 0 bridgehead atoms. The molecular formula is C6H5N3O2S. The van der Waals surface area contributed by atoms with Crippen molar-refractivity contribution >= 4 is 15.8 Å². The summed E-state index contributed by atoms with van der Waals surface area (Å²) in [5.74, 6) is -0.550. The maximum atomic E-state index is 11.3. The van der Waals surface area contributed by atoms with E-state index < -0.39 is 15.8 Å². The highest BCUT2D eigenvalue weighted by Crippen LogP contribution is 2.20. The van der Waals surface area contributed by atoms with E-state index in [1.165, 1.54) is 12.3 Å². The zero-order valence-electron chi connectivity index (χ0n) is 5.93. The van der Waals surface area contributed by atoms with E-state index >= 15 is 0 Å². The Labute approximate surface area is 68.9 Å². The normalized spacial score (nSPS) is 26.6. The molecule has 6 heteroatoms. The molecule has 5 nitrogen and oxygen atoms in total. The zero-order chi connectivity index (χ0) is 8.77. The van der Waals surface area contributed by atoms with Crippen LogP contribution in [0.3, 0.4) is 0 Å². The SMILES string of the molecule is N[S@@]1(=O)=NC(=O)c2cccnc21. The molecule has 1 aromatic heterocycles. The van der Waals surface area contributed by atoms with Crippen molar-refractivity contribution in [1.82, 2.24) is 4.98 Å². The van der Waals surface area contributed by atoms with Crippen molar-refractivity contribution in [3.8, 4) is 0 Å². The van der Waals surface area contributed by atoms with Gasteiger partial charge in [-0.15, -0.1) is 4.36 Å². The molecule has 2 N–H and O–H groups in total. The Morgan fingerprint density at radius 1 is 1.50 bits per heavy atom. The van der Waals surface area contributed by atoms with Crippen LogP contribution in [0.1, 0.15) is 10.4 Å². The summed E-state index contributed by atoms with van der Waals surface area (Å²) < 4.78 is 14.6. The van der Waals surface area contributed by atoms with E-state index in [2.05, 4.69) is 9.35 Å². The minimum atomic E-state index is -3.04. The summed E-state index contributed by atoms with van der Waals surface area (Å²) in [6, 6.07) is 3.08. The smallest absolute Gasteiger partial charge is 0.266 e. The summed E-state index contributed by atoms with van der Waals surface area (Å²) in [5.41, 5.74) is 0.241. The first-order chi connectivity index (χ1) is 5.61. The van der Waals surface area contributed by atoms with Crippen molar-refractivity contribution in [2.45, 2.75) is 5.03 Å². The second-order valence-electron chi connectivity index (χ2n) is 2.32. The number of carbonyl (C=O) groups is 1. The van der Waals surface area contributed by atoms with Gasteiger partial charge in [-0.05, 0) is 12.1 Å². The number of rotatable bonds is 0. The third kappa shape index (κ3) is 0.853. The molecule has 0 aliphatic carbocycles. The summed E-state index contributed by atoms with van der Waals surface area (Å²) in [7, 11) is -3.04. The lowest BCUT2D eigenvalue weighted by Crippen LogP contribution is -2.11. The van der Waals surface area contributed by atoms with Gasteiger partial charge in [0.25, 0.3) is 5.91 Å². The van der Waals surface area contributed by atoms with E-state index in [9.17, 15) is 9.00 Å². The number of hydrogen-bond acceptors (Lipinski definition) is 3. The van der Waals surface area contributed by atoms with Crippen LogP contribution in [0.25, 0.3) is 0 Å². The lowest BCUT2D eigenvalue weighted by molar-refractivity contribution is 0.101. The summed E-state index contributed by atoms with van der Waals surface area (Å²) >= 11 is 0. The average Bonchev–Trinajstić information content (AvgIpc) is 2.25. The molecule has 0 unspecified atom stereocenters. The summed E-state index contributed by atoms with van der Waals surface area (Å²) in [6.07, 6.45) is 1.43. The van der Waals surface area contributed by atoms with Crippen molar-refractivity contribution < 1.29 is 9.00 Å². The van der Waals surface area contributed by atoms with E-state index in [0.717, 1.165) is 0 Å². The molecule has 2 rings (SSSR count). The van der Waals surface area contributed by atoms with Crippen LogP contribution in [0.15, 0.2) is 27.7 Å². The standard InChI is InChI=1S/C6H5N3O2S/c7-12(11)6-4(5(10)9-12)2-1-3-8-6/h1-3H,(H2,7,9,10,11)/t12-/m1/s1. The van der Waals surface area contributed by atoms with E-state index in [4.69, 9.17) is 5.14 Å². The highest BCUT2D eigenvalue weighted by molar-refractivity contribution is 7.92. The number of nitrogens with zero attached hydrogens (tertiary/aromatic N) is 2. The molecule has 2 heterocycles. The average molecular weight is 183 g/mol. The summed E-state index contributed by atoms with van der Waals surface area (Å²) in [6.45, 7) is 0. The molecule has 0 spiro atoms. The van der Waals surface area contributed by atoms with E-state index in [-0.39, 0.29) is 10.6 Å². The van der Waals surface area contributed by atoms with Crippen molar-refractivity contribution in [2.75, 3.05) is 0 Å². The number of hydrogen-bond donors (Lipinski definition) is 1. The van der Waals surface area contributed by atoms with Gasteiger partial charge in [0.2, 0.25) is 0 Å². The Morgan fingerprint density at radius 2 is 2.25 bits per heavy atom. The van der Waals surface area contributed by atoms with E-state index in [1.807, 2.05) is 0 Å². The number of amides is 1. The molecule has 0 saturated carbocycles. The van der Waals surface area contributed by atoms with Crippen LogP contribution in [-0.2, 0) is 9.92 Å². The van der Waals surface area contributed by atoms with Crippen LogP contribution in [0, 0.1) is 0 Å². The van der Waals surface area contributed by atoms with Crippen LogP contribution < -0.4 is 5.14 Å². The van der Waals surface area contributed by atoms with Gasteiger partial charge < -0.3 is 0 Å². The molecule has 1 amide bonds. The first-order valence-corrected chi connectivity index (χ1v) is 4.73. The van der Waals surface area contributed by atoms with Gasteiger partial charge in [-0.3, -0.25) is 4.79 Å². The fourth-order valence-electron chi connectivity index (χ4n) is 1.00. The van der Waals surface area contributed by atoms with Gasteiger partial charge in [-0.1, -0.05) is 0 Å². The maximum Gasteiger partial charge on any atom is 0.289 e. The number of fused-ring (bicyclic) bond motifs is 1. The third-order valence-electron chi connectivity index (χ3n) is 1.50. The maximum absolute atomic E-state index is 11.3. The fourth-order valence-corrected chi connectivity index (χ4v) is 2.12. The number of carbonyl (C=O) groups excluding carboxylic acids is 1. The first-order valence-electron chi connectivity index (χ1n) is 3.15. The summed E-state index contributed by atoms with van der Waals surface area (Å²) in [5, 5.41) is 5.35. The molecular weight excluding hydrogens is 178 g/mol. The Morgan fingerprint density at radius 3 is 2.92 bits per heavy atom. The predicted octanol–water partition coefficient (Wildman–Crippen LogP) is -0.0640. The first kappa shape index (κ1) is 7.38. The number of aromatic nitrogens is 1. The molecule has 12 heavy (non-hydrogen) atoms. The minimum absolute atomic E-state index is 0.0926. The van der Waals surface area contributed by atoms with Crippen molar-refractivity contribution in [3.63, 3.8) is 0 Å². The van der Waals surface area contributed by atoms with Crippen LogP contribution in [0.4, 0.5) is 0 Å². The van der Waals surface area contributed by atoms with Gasteiger partial charge in [0.1, 0.15) is 0 Å². The molecule has 1 aliphatic heterocycles. The summed E-state index contributed by atoms with van der Waals surface area (Å²) in [4.78, 5) is 14.8.